The molecule has 0 N–H and O–H groups in total. The lowest BCUT2D eigenvalue weighted by atomic mass is 10.1. The molecular formula is C19H17FN4O4. The Bertz CT molecular complexity index is 1010. The molecule has 28 heavy (non-hydrogen) atoms. The number of methoxy groups -OCH3 is 2. The zero-order chi connectivity index (χ0) is 20.0. The quantitative estimate of drug-likeness (QED) is 0.757. The van der Waals surface area contributed by atoms with E-state index in [2.05, 4.69) is 10.3 Å². The molecule has 1 fully saturated rings. The third kappa shape index (κ3) is 2.58. The van der Waals surface area contributed by atoms with Crippen LogP contribution < -0.4 is 19.4 Å². The second kappa shape index (κ2) is 6.59. The van der Waals surface area contributed by atoms with Gasteiger partial charge in [0, 0.05) is 6.07 Å². The zero-order valence-electron chi connectivity index (χ0n) is 15.4. The summed E-state index contributed by atoms with van der Waals surface area (Å²) in [7, 11) is 2.96. The number of carbonyl (C=O) groups is 2. The highest BCUT2D eigenvalue weighted by Crippen LogP contribution is 2.38. The number of anilines is 2. The van der Waals surface area contributed by atoms with Crippen LogP contribution in [0.2, 0.25) is 0 Å². The number of aryl methyl sites for hydroxylation is 1. The van der Waals surface area contributed by atoms with Gasteiger partial charge in [0.2, 0.25) is 0 Å². The first-order valence-corrected chi connectivity index (χ1v) is 8.52. The van der Waals surface area contributed by atoms with E-state index in [1.807, 2.05) is 0 Å². The average molecular weight is 384 g/mol. The van der Waals surface area contributed by atoms with Crippen LogP contribution in [0.4, 0.5) is 15.8 Å². The van der Waals surface area contributed by atoms with Gasteiger partial charge in [0.05, 0.1) is 25.6 Å². The molecule has 1 saturated heterocycles. The molecule has 2 aliphatic heterocycles. The van der Waals surface area contributed by atoms with Crippen LogP contribution in [0.1, 0.15) is 5.56 Å². The summed E-state index contributed by atoms with van der Waals surface area (Å²) < 4.78 is 24.4. The fourth-order valence-electron chi connectivity index (χ4n) is 3.32. The Labute approximate surface area is 160 Å². The van der Waals surface area contributed by atoms with Crippen LogP contribution in [0, 0.1) is 12.7 Å². The fourth-order valence-corrected chi connectivity index (χ4v) is 3.32. The molecule has 4 rings (SSSR count). The summed E-state index contributed by atoms with van der Waals surface area (Å²) in [5.41, 5.74) is 1.17. The molecule has 0 spiro atoms. The van der Waals surface area contributed by atoms with Crippen molar-refractivity contribution >= 4 is 23.2 Å². The minimum Gasteiger partial charge on any atom is -0.493 e. The van der Waals surface area contributed by atoms with Crippen LogP contribution >= 0.6 is 0 Å². The second-order valence-corrected chi connectivity index (χ2v) is 6.42. The van der Waals surface area contributed by atoms with Crippen molar-refractivity contribution < 1.29 is 23.5 Å². The molecule has 0 bridgehead atoms. The summed E-state index contributed by atoms with van der Waals surface area (Å²) in [6.07, 6.45) is 0. The van der Waals surface area contributed by atoms with E-state index in [0.29, 0.717) is 28.4 Å². The van der Waals surface area contributed by atoms with Gasteiger partial charge in [-0.3, -0.25) is 9.59 Å². The predicted molar refractivity (Wildman–Crippen MR) is 98.1 cm³/mol. The van der Waals surface area contributed by atoms with Gasteiger partial charge in [-0.15, -0.1) is 0 Å². The summed E-state index contributed by atoms with van der Waals surface area (Å²) >= 11 is 0. The number of amides is 2. The number of halogens is 1. The van der Waals surface area contributed by atoms with E-state index >= 15 is 0 Å². The van der Waals surface area contributed by atoms with E-state index in [1.54, 1.807) is 37.3 Å². The average Bonchev–Trinajstić information content (AvgIpc) is 3.24. The highest BCUT2D eigenvalue weighted by Gasteiger charge is 2.55. The topological polar surface area (TPSA) is 83.8 Å². The fraction of sp³-hybridized carbons (Fsp3) is 0.263. The molecule has 2 amide bonds. The largest absolute Gasteiger partial charge is 0.493 e. The number of carbonyl (C=O) groups excluding carboxylic acids is 2. The standard InChI is InChI=1S/C19H17FN4O4/c1-10-4-5-12(8-13(10)20)24-17-16(21-22-24)18(25)23(19(17)26)11-6-7-14(27-2)15(9-11)28-3/h4-9,16-17H,1-3H3/t16-,17+/m0/s1. The highest BCUT2D eigenvalue weighted by atomic mass is 19.1. The van der Waals surface area contributed by atoms with Crippen molar-refractivity contribution in [2.75, 3.05) is 24.1 Å². The second-order valence-electron chi connectivity index (χ2n) is 6.42. The lowest BCUT2D eigenvalue weighted by molar-refractivity contribution is -0.121. The van der Waals surface area contributed by atoms with Crippen molar-refractivity contribution in [2.45, 2.75) is 19.0 Å². The normalized spacial score (nSPS) is 20.7. The maximum Gasteiger partial charge on any atom is 0.263 e. The van der Waals surface area contributed by atoms with Crippen LogP contribution in [0.25, 0.3) is 0 Å². The molecular weight excluding hydrogens is 367 g/mol. The van der Waals surface area contributed by atoms with Crippen molar-refractivity contribution in [1.29, 1.82) is 0 Å². The van der Waals surface area contributed by atoms with Gasteiger partial charge < -0.3 is 9.47 Å². The first kappa shape index (κ1) is 17.9. The number of hydrogen-bond donors (Lipinski definition) is 0. The molecule has 9 heteroatoms. The molecule has 2 aromatic rings. The van der Waals surface area contributed by atoms with Gasteiger partial charge in [0.25, 0.3) is 11.8 Å². The zero-order valence-corrected chi connectivity index (χ0v) is 15.4. The molecule has 0 aromatic heterocycles. The molecule has 0 radical (unpaired) electrons. The minimum atomic E-state index is -0.982. The number of imide groups is 1. The monoisotopic (exact) mass is 384 g/mol. The third-order valence-corrected chi connectivity index (χ3v) is 4.83. The van der Waals surface area contributed by atoms with E-state index < -0.39 is 29.7 Å². The van der Waals surface area contributed by atoms with E-state index in [1.165, 1.54) is 25.3 Å². The minimum absolute atomic E-state index is 0.340. The van der Waals surface area contributed by atoms with Crippen LogP contribution in [-0.4, -0.2) is 38.1 Å². The van der Waals surface area contributed by atoms with Crippen molar-refractivity contribution in [3.63, 3.8) is 0 Å². The van der Waals surface area contributed by atoms with Gasteiger partial charge >= 0.3 is 0 Å². The van der Waals surface area contributed by atoms with Crippen LogP contribution in [-0.2, 0) is 9.59 Å². The molecule has 0 saturated carbocycles. The summed E-state index contributed by atoms with van der Waals surface area (Å²) in [6.45, 7) is 1.64. The summed E-state index contributed by atoms with van der Waals surface area (Å²) in [4.78, 5) is 26.9. The summed E-state index contributed by atoms with van der Waals surface area (Å²) in [5.74, 6) is -0.558. The van der Waals surface area contributed by atoms with Crippen LogP contribution in [0.5, 0.6) is 11.5 Å². The Morgan fingerprint density at radius 3 is 2.36 bits per heavy atom. The third-order valence-electron chi connectivity index (χ3n) is 4.83. The van der Waals surface area contributed by atoms with Crippen molar-refractivity contribution in [1.82, 2.24) is 0 Å². The van der Waals surface area contributed by atoms with Gasteiger partial charge in [-0.25, -0.2) is 14.3 Å². The van der Waals surface area contributed by atoms with Crippen LogP contribution in [0.15, 0.2) is 46.7 Å². The Morgan fingerprint density at radius 2 is 1.68 bits per heavy atom. The van der Waals surface area contributed by atoms with E-state index in [-0.39, 0.29) is 0 Å². The van der Waals surface area contributed by atoms with Crippen molar-refractivity contribution in [2.24, 2.45) is 10.3 Å². The molecule has 0 aliphatic carbocycles. The van der Waals surface area contributed by atoms with Gasteiger partial charge in [0.15, 0.2) is 23.6 Å². The van der Waals surface area contributed by atoms with E-state index in [4.69, 9.17) is 9.47 Å². The predicted octanol–water partition coefficient (Wildman–Crippen LogP) is 2.65. The first-order chi connectivity index (χ1) is 13.5. The Balaban J connectivity index is 1.69. The lowest BCUT2D eigenvalue weighted by Gasteiger charge is -2.21. The highest BCUT2D eigenvalue weighted by molar-refractivity contribution is 6.26. The SMILES string of the molecule is COc1ccc(N2C(=O)[C@H]3N=NN(c4ccc(C)c(F)c4)[C@H]3C2=O)cc1OC. The molecule has 2 heterocycles. The van der Waals surface area contributed by atoms with Crippen LogP contribution in [0.3, 0.4) is 0 Å². The number of rotatable bonds is 4. The summed E-state index contributed by atoms with van der Waals surface area (Å²) in [5, 5.41) is 9.17. The maximum absolute atomic E-state index is 14.0. The molecule has 144 valence electrons. The van der Waals surface area contributed by atoms with Gasteiger partial charge in [-0.05, 0) is 36.8 Å². The molecule has 2 aromatic carbocycles. The molecule has 0 unspecified atom stereocenters. The number of fused-ring (bicyclic) bond motifs is 1. The molecule has 2 atom stereocenters. The van der Waals surface area contributed by atoms with Gasteiger partial charge in [-0.2, -0.15) is 5.11 Å². The smallest absolute Gasteiger partial charge is 0.263 e. The number of nitrogens with zero attached hydrogens (tertiary/aromatic N) is 4. The first-order valence-electron chi connectivity index (χ1n) is 8.52. The van der Waals surface area contributed by atoms with E-state index in [0.717, 1.165) is 4.90 Å². The lowest BCUT2D eigenvalue weighted by Crippen LogP contribution is -2.40. The van der Waals surface area contributed by atoms with Crippen molar-refractivity contribution in [3.05, 3.63) is 47.8 Å². The Hall–Kier alpha value is -3.49. The van der Waals surface area contributed by atoms with E-state index in [9.17, 15) is 14.0 Å². The number of ether oxygens (including phenoxy) is 2. The maximum atomic E-state index is 14.0. The Morgan fingerprint density at radius 1 is 0.964 bits per heavy atom. The molecule has 8 nitrogen and oxygen atoms in total. The molecule has 2 aliphatic rings. The number of benzene rings is 2. The Kier molecular flexibility index (Phi) is 4.21. The van der Waals surface area contributed by atoms with Gasteiger partial charge in [0.1, 0.15) is 5.82 Å². The van der Waals surface area contributed by atoms with Gasteiger partial charge in [-0.1, -0.05) is 11.3 Å². The summed E-state index contributed by atoms with van der Waals surface area (Å²) in [6, 6.07) is 7.30. The van der Waals surface area contributed by atoms with Crippen molar-refractivity contribution in [3.8, 4) is 11.5 Å². The number of hydrogen-bond acceptors (Lipinski definition) is 7.